The van der Waals surface area contributed by atoms with Gasteiger partial charge in [0.25, 0.3) is 11.8 Å². The Balaban J connectivity index is 1.61. The molecule has 2 heterocycles. The van der Waals surface area contributed by atoms with Gasteiger partial charge in [0.2, 0.25) is 0 Å². The summed E-state index contributed by atoms with van der Waals surface area (Å²) in [5.74, 6) is -0.354. The van der Waals surface area contributed by atoms with Crippen molar-refractivity contribution in [2.24, 2.45) is 0 Å². The number of phenols is 1. The van der Waals surface area contributed by atoms with Gasteiger partial charge in [-0.1, -0.05) is 36.4 Å². The number of aromatic hydroxyl groups is 1. The summed E-state index contributed by atoms with van der Waals surface area (Å²) >= 11 is 0. The number of nitrogens with zero attached hydrogens (tertiary/aromatic N) is 2. The van der Waals surface area contributed by atoms with Gasteiger partial charge in [-0.05, 0) is 61.0 Å². The number of pyridine rings is 1. The molecular formula is C31H27N5O4. The Morgan fingerprint density at radius 1 is 1.02 bits per heavy atom. The molecule has 1 unspecified atom stereocenters. The lowest BCUT2D eigenvalue weighted by Crippen LogP contribution is -2.36. The summed E-state index contributed by atoms with van der Waals surface area (Å²) in [6, 6.07) is 24.2. The zero-order valence-corrected chi connectivity index (χ0v) is 21.8. The largest absolute Gasteiger partial charge is 0.507 e. The van der Waals surface area contributed by atoms with Gasteiger partial charge in [0.1, 0.15) is 23.1 Å². The number of carbonyl (C=O) groups is 2. The van der Waals surface area contributed by atoms with E-state index < -0.39 is 5.91 Å². The molecular weight excluding hydrogens is 506 g/mol. The second-order valence-corrected chi connectivity index (χ2v) is 9.31. The number of phenolic OH excluding ortho intramolecular Hbond substituents is 1. The number of para-hydroxylation sites is 2. The van der Waals surface area contributed by atoms with E-state index >= 15 is 0 Å². The topological polar surface area (TPSA) is 136 Å². The maximum Gasteiger partial charge on any atom is 0.260 e. The van der Waals surface area contributed by atoms with Crippen LogP contribution in [0.1, 0.15) is 32.7 Å². The summed E-state index contributed by atoms with van der Waals surface area (Å²) in [5, 5.41) is 29.8. The molecule has 1 aromatic heterocycles. The van der Waals surface area contributed by atoms with Crippen molar-refractivity contribution in [2.45, 2.75) is 12.5 Å². The molecule has 4 N–H and O–H groups in total. The second kappa shape index (κ2) is 11.7. The Morgan fingerprint density at radius 2 is 1.82 bits per heavy atom. The van der Waals surface area contributed by atoms with E-state index in [2.05, 4.69) is 27.0 Å². The number of methoxy groups -OCH3 is 1. The minimum atomic E-state index is -0.514. The molecule has 1 saturated heterocycles. The van der Waals surface area contributed by atoms with E-state index in [9.17, 15) is 20.0 Å². The molecule has 4 aromatic rings. The first kappa shape index (κ1) is 26.4. The van der Waals surface area contributed by atoms with Crippen LogP contribution in [-0.2, 0) is 0 Å². The van der Waals surface area contributed by atoms with Gasteiger partial charge in [0.15, 0.2) is 5.82 Å². The molecule has 3 aromatic carbocycles. The molecule has 0 saturated carbocycles. The van der Waals surface area contributed by atoms with Crippen LogP contribution in [0.5, 0.6) is 11.5 Å². The van der Waals surface area contributed by atoms with Gasteiger partial charge in [-0.3, -0.25) is 9.59 Å². The molecule has 9 nitrogen and oxygen atoms in total. The summed E-state index contributed by atoms with van der Waals surface area (Å²) < 4.78 is 5.32. The fourth-order valence-corrected chi connectivity index (χ4v) is 4.69. The lowest BCUT2D eigenvalue weighted by Gasteiger charge is -2.16. The SMILES string of the molecule is COc1ccccc1C(=O)Nc1nc(-c2ccccc2O)cc(-c2cccc(C(=O)NC3CCNC3)c2)c1C#N. The van der Waals surface area contributed by atoms with Crippen LogP contribution < -0.4 is 20.7 Å². The smallest absolute Gasteiger partial charge is 0.260 e. The summed E-state index contributed by atoms with van der Waals surface area (Å²) in [4.78, 5) is 30.8. The maximum atomic E-state index is 13.3. The molecule has 0 radical (unpaired) electrons. The average molecular weight is 534 g/mol. The highest BCUT2D eigenvalue weighted by Crippen LogP contribution is 2.36. The van der Waals surface area contributed by atoms with Crippen LogP contribution in [-0.4, -0.2) is 48.1 Å². The number of anilines is 1. The number of hydrogen-bond donors (Lipinski definition) is 4. The maximum absolute atomic E-state index is 13.3. The number of carbonyl (C=O) groups excluding carboxylic acids is 2. The zero-order valence-electron chi connectivity index (χ0n) is 21.8. The van der Waals surface area contributed by atoms with Gasteiger partial charge in [-0.15, -0.1) is 0 Å². The van der Waals surface area contributed by atoms with E-state index in [-0.39, 0.29) is 34.6 Å². The number of hydrogen-bond acceptors (Lipinski definition) is 7. The molecule has 9 heteroatoms. The summed E-state index contributed by atoms with van der Waals surface area (Å²) in [5.41, 5.74) is 2.61. The summed E-state index contributed by atoms with van der Waals surface area (Å²) in [6.07, 6.45) is 0.855. The number of benzene rings is 3. The molecule has 2 amide bonds. The molecule has 1 fully saturated rings. The first-order valence-corrected chi connectivity index (χ1v) is 12.8. The van der Waals surface area contributed by atoms with E-state index in [1.54, 1.807) is 72.8 Å². The van der Waals surface area contributed by atoms with Crippen molar-refractivity contribution in [1.82, 2.24) is 15.6 Å². The first-order chi connectivity index (χ1) is 19.5. The molecule has 200 valence electrons. The Hall–Kier alpha value is -5.20. The van der Waals surface area contributed by atoms with Crippen LogP contribution in [0.4, 0.5) is 5.82 Å². The highest BCUT2D eigenvalue weighted by Gasteiger charge is 2.22. The lowest BCUT2D eigenvalue weighted by atomic mass is 9.96. The van der Waals surface area contributed by atoms with Gasteiger partial charge in [0, 0.05) is 29.3 Å². The second-order valence-electron chi connectivity index (χ2n) is 9.31. The molecule has 1 atom stereocenters. The van der Waals surface area contributed by atoms with Crippen molar-refractivity contribution in [2.75, 3.05) is 25.5 Å². The van der Waals surface area contributed by atoms with Gasteiger partial charge in [-0.25, -0.2) is 4.98 Å². The predicted molar refractivity (Wildman–Crippen MR) is 151 cm³/mol. The quantitative estimate of drug-likeness (QED) is 0.277. The summed E-state index contributed by atoms with van der Waals surface area (Å²) in [6.45, 7) is 1.57. The molecule has 0 bridgehead atoms. The minimum absolute atomic E-state index is 0.00837. The number of amides is 2. The normalized spacial score (nSPS) is 14.2. The highest BCUT2D eigenvalue weighted by molar-refractivity contribution is 6.07. The van der Waals surface area contributed by atoms with Crippen molar-refractivity contribution >= 4 is 17.6 Å². The third-order valence-electron chi connectivity index (χ3n) is 6.73. The molecule has 0 spiro atoms. The van der Waals surface area contributed by atoms with Crippen LogP contribution in [0.25, 0.3) is 22.4 Å². The summed E-state index contributed by atoms with van der Waals surface area (Å²) in [7, 11) is 1.47. The number of nitriles is 1. The van der Waals surface area contributed by atoms with Crippen molar-refractivity contribution in [3.63, 3.8) is 0 Å². The first-order valence-electron chi connectivity index (χ1n) is 12.8. The van der Waals surface area contributed by atoms with E-state index in [1.165, 1.54) is 13.2 Å². The van der Waals surface area contributed by atoms with Crippen LogP contribution in [0, 0.1) is 11.3 Å². The third kappa shape index (κ3) is 5.48. The van der Waals surface area contributed by atoms with E-state index in [4.69, 9.17) is 4.74 Å². The van der Waals surface area contributed by atoms with Gasteiger partial charge in [0.05, 0.1) is 18.4 Å². The monoisotopic (exact) mass is 533 g/mol. The number of rotatable bonds is 7. The van der Waals surface area contributed by atoms with E-state index in [0.717, 1.165) is 13.0 Å². The van der Waals surface area contributed by atoms with Gasteiger partial charge < -0.3 is 25.8 Å². The average Bonchev–Trinajstić information content (AvgIpc) is 3.50. The lowest BCUT2D eigenvalue weighted by molar-refractivity contribution is 0.0939. The molecule has 1 aliphatic rings. The Bertz CT molecular complexity index is 1620. The minimum Gasteiger partial charge on any atom is -0.507 e. The number of ether oxygens (including phenoxy) is 1. The third-order valence-corrected chi connectivity index (χ3v) is 6.73. The van der Waals surface area contributed by atoms with Crippen LogP contribution in [0.2, 0.25) is 0 Å². The Kier molecular flexibility index (Phi) is 7.71. The molecule has 40 heavy (non-hydrogen) atoms. The Morgan fingerprint density at radius 3 is 2.58 bits per heavy atom. The van der Waals surface area contributed by atoms with Crippen LogP contribution in [0.15, 0.2) is 78.9 Å². The number of aromatic nitrogens is 1. The van der Waals surface area contributed by atoms with E-state index in [0.29, 0.717) is 40.2 Å². The molecule has 1 aliphatic heterocycles. The number of nitrogens with one attached hydrogen (secondary N) is 3. The van der Waals surface area contributed by atoms with Crippen molar-refractivity contribution in [3.05, 3.63) is 95.6 Å². The predicted octanol–water partition coefficient (Wildman–Crippen LogP) is 4.35. The van der Waals surface area contributed by atoms with Gasteiger partial charge in [-0.2, -0.15) is 5.26 Å². The highest BCUT2D eigenvalue weighted by atomic mass is 16.5. The van der Waals surface area contributed by atoms with Gasteiger partial charge >= 0.3 is 0 Å². The molecule has 5 rings (SSSR count). The zero-order chi connectivity index (χ0) is 28.1. The fraction of sp³-hybridized carbons (Fsp3) is 0.161. The van der Waals surface area contributed by atoms with Crippen molar-refractivity contribution < 1.29 is 19.4 Å². The van der Waals surface area contributed by atoms with Crippen LogP contribution >= 0.6 is 0 Å². The standard InChI is InChI=1S/C31H27N5O4/c1-40-28-12-5-3-10-23(28)31(39)36-29-25(17-32)24(16-26(35-29)22-9-2-4-11-27(22)37)19-7-6-8-20(15-19)30(38)34-21-13-14-33-18-21/h2-12,15-16,21,33,37H,13-14,18H2,1H3,(H,34,38)(H,35,36,39). The van der Waals surface area contributed by atoms with E-state index in [1.807, 2.05) is 0 Å². The fourth-order valence-electron chi connectivity index (χ4n) is 4.69. The van der Waals surface area contributed by atoms with Crippen molar-refractivity contribution in [1.29, 1.82) is 5.26 Å². The van der Waals surface area contributed by atoms with Crippen molar-refractivity contribution in [3.8, 4) is 40.0 Å². The Labute approximate surface area is 231 Å². The molecule has 0 aliphatic carbocycles. The van der Waals surface area contributed by atoms with Crippen LogP contribution in [0.3, 0.4) is 0 Å².